The van der Waals surface area contributed by atoms with E-state index in [0.717, 1.165) is 47.7 Å². The molecular weight excluding hydrogens is 415 g/mol. The van der Waals surface area contributed by atoms with E-state index < -0.39 is 12.1 Å². The maximum atomic E-state index is 14.4. The van der Waals surface area contributed by atoms with Crippen molar-refractivity contribution in [1.82, 2.24) is 14.4 Å². The number of nitrogens with one attached hydrogen (secondary N) is 1. The Morgan fingerprint density at radius 2 is 2.00 bits per heavy atom. The Morgan fingerprint density at radius 1 is 1.23 bits per heavy atom. The predicted octanol–water partition coefficient (Wildman–Crippen LogP) is 5.15. The number of aliphatic hydroxyl groups excluding tert-OH is 1. The van der Waals surface area contributed by atoms with Crippen LogP contribution in [0.2, 0.25) is 0 Å². The molecule has 6 nitrogen and oxygen atoms in total. The zero-order valence-corrected chi connectivity index (χ0v) is 19.2. The van der Waals surface area contributed by atoms with Gasteiger partial charge in [0.1, 0.15) is 17.2 Å². The highest BCUT2D eigenvalue weighted by Gasteiger charge is 2.24. The smallest absolute Gasteiger partial charge is 0.215 e. The number of hydrogen-bond acceptors (Lipinski definition) is 6. The van der Waals surface area contributed by atoms with Crippen molar-refractivity contribution in [3.05, 3.63) is 36.5 Å². The number of hydrogen-bond donors (Lipinski definition) is 2. The summed E-state index contributed by atoms with van der Waals surface area (Å²) in [5.41, 5.74) is 2.16. The van der Waals surface area contributed by atoms with Crippen LogP contribution in [0.3, 0.4) is 0 Å². The van der Waals surface area contributed by atoms with E-state index in [-0.39, 0.29) is 10.8 Å². The molecule has 166 valence electrons. The lowest BCUT2D eigenvalue weighted by molar-refractivity contribution is 0.116. The second-order valence-corrected chi connectivity index (χ2v) is 10.8. The minimum Gasteiger partial charge on any atom is -0.495 e. The van der Waals surface area contributed by atoms with Crippen molar-refractivity contribution in [3.63, 3.8) is 0 Å². The van der Waals surface area contributed by atoms with Gasteiger partial charge in [-0.2, -0.15) is 4.39 Å². The van der Waals surface area contributed by atoms with Crippen molar-refractivity contribution in [3.8, 4) is 17.0 Å². The van der Waals surface area contributed by atoms with Gasteiger partial charge in [-0.1, -0.05) is 33.6 Å². The topological polar surface area (TPSA) is 71.7 Å². The van der Waals surface area contributed by atoms with Crippen molar-refractivity contribution in [2.45, 2.75) is 68.2 Å². The average molecular weight is 445 g/mol. The second-order valence-electron chi connectivity index (χ2n) is 8.96. The molecule has 0 aromatic carbocycles. The minimum absolute atomic E-state index is 0.00238. The molecule has 1 saturated carbocycles. The molecule has 2 atom stereocenters. The van der Waals surface area contributed by atoms with Gasteiger partial charge in [0.05, 0.1) is 36.0 Å². The Morgan fingerprint density at radius 3 is 2.71 bits per heavy atom. The molecule has 1 aliphatic carbocycles. The molecule has 0 amide bonds. The van der Waals surface area contributed by atoms with Crippen molar-refractivity contribution < 1.29 is 14.2 Å². The van der Waals surface area contributed by atoms with Crippen molar-refractivity contribution in [2.75, 3.05) is 12.4 Å². The number of methoxy groups -OCH3 is 1. The molecule has 1 fully saturated rings. The van der Waals surface area contributed by atoms with E-state index in [0.29, 0.717) is 11.4 Å². The summed E-state index contributed by atoms with van der Waals surface area (Å²) < 4.78 is 21.9. The van der Waals surface area contributed by atoms with Gasteiger partial charge in [0.2, 0.25) is 5.95 Å². The number of thioether (sulfide) groups is 1. The molecule has 8 heteroatoms. The number of pyridine rings is 2. The first-order valence-corrected chi connectivity index (χ1v) is 11.4. The summed E-state index contributed by atoms with van der Waals surface area (Å²) in [5, 5.41) is 13.5. The predicted molar refractivity (Wildman–Crippen MR) is 122 cm³/mol. The quantitative estimate of drug-likeness (QED) is 0.419. The summed E-state index contributed by atoms with van der Waals surface area (Å²) >= 11 is 1.70. The molecule has 4 rings (SSSR count). The van der Waals surface area contributed by atoms with E-state index in [1.165, 1.54) is 6.07 Å². The zero-order valence-electron chi connectivity index (χ0n) is 18.4. The average Bonchev–Trinajstić information content (AvgIpc) is 3.10. The Labute approximate surface area is 186 Å². The Bertz CT molecular complexity index is 1080. The molecule has 3 heterocycles. The van der Waals surface area contributed by atoms with Crippen LogP contribution >= 0.6 is 11.8 Å². The van der Waals surface area contributed by atoms with Gasteiger partial charge in [0.25, 0.3) is 0 Å². The molecule has 3 aromatic rings. The normalized spacial score (nSPS) is 19.5. The van der Waals surface area contributed by atoms with Crippen molar-refractivity contribution in [2.24, 2.45) is 0 Å². The lowest BCUT2D eigenvalue weighted by atomic mass is 9.92. The van der Waals surface area contributed by atoms with Gasteiger partial charge in [-0.25, -0.2) is 9.97 Å². The lowest BCUT2D eigenvalue weighted by Gasteiger charge is -2.28. The molecule has 3 aromatic heterocycles. The van der Waals surface area contributed by atoms with Crippen LogP contribution in [0.4, 0.5) is 10.2 Å². The van der Waals surface area contributed by atoms with E-state index in [1.54, 1.807) is 25.1 Å². The van der Waals surface area contributed by atoms with Gasteiger partial charge in [0.15, 0.2) is 0 Å². The third-order valence-electron chi connectivity index (χ3n) is 5.36. The molecule has 0 spiro atoms. The number of imidazole rings is 1. The first-order valence-electron chi connectivity index (χ1n) is 10.6. The van der Waals surface area contributed by atoms with Crippen LogP contribution in [-0.2, 0) is 0 Å². The molecule has 0 radical (unpaired) electrons. The van der Waals surface area contributed by atoms with Crippen molar-refractivity contribution >= 4 is 23.2 Å². The van der Waals surface area contributed by atoms with Crippen LogP contribution in [0, 0.1) is 5.95 Å². The van der Waals surface area contributed by atoms with E-state index >= 15 is 0 Å². The highest BCUT2D eigenvalue weighted by molar-refractivity contribution is 8.00. The molecule has 2 N–H and O–H groups in total. The van der Waals surface area contributed by atoms with E-state index in [4.69, 9.17) is 4.74 Å². The van der Waals surface area contributed by atoms with Crippen molar-refractivity contribution in [1.29, 1.82) is 0 Å². The molecule has 0 aliphatic heterocycles. The number of anilines is 1. The van der Waals surface area contributed by atoms with Gasteiger partial charge in [-0.15, -0.1) is 11.8 Å². The molecule has 1 aliphatic rings. The van der Waals surface area contributed by atoms with Gasteiger partial charge < -0.3 is 15.2 Å². The van der Waals surface area contributed by atoms with E-state index in [1.807, 2.05) is 22.7 Å². The molecule has 0 saturated heterocycles. The van der Waals surface area contributed by atoms with Crippen LogP contribution in [-0.4, -0.2) is 43.5 Å². The SMILES string of the molecule is COc1cc2ncc(-c3cc(F)nc(N[C@@H]4CCCC[C@H]4O)c3)n2cc1SC(C)(C)C. The third kappa shape index (κ3) is 4.96. The molecule has 31 heavy (non-hydrogen) atoms. The number of nitrogens with zero attached hydrogens (tertiary/aromatic N) is 3. The highest BCUT2D eigenvalue weighted by atomic mass is 32.2. The lowest BCUT2D eigenvalue weighted by Crippen LogP contribution is -2.36. The summed E-state index contributed by atoms with van der Waals surface area (Å²) in [7, 11) is 1.65. The summed E-state index contributed by atoms with van der Waals surface area (Å²) in [5.74, 6) is 0.617. The molecular formula is C23H29FN4O2S. The minimum atomic E-state index is -0.571. The van der Waals surface area contributed by atoms with E-state index in [9.17, 15) is 9.50 Å². The van der Waals surface area contributed by atoms with E-state index in [2.05, 4.69) is 36.1 Å². The number of aliphatic hydroxyl groups is 1. The zero-order chi connectivity index (χ0) is 22.2. The summed E-state index contributed by atoms with van der Waals surface area (Å²) in [6.45, 7) is 6.43. The first-order chi connectivity index (χ1) is 14.7. The monoisotopic (exact) mass is 444 g/mol. The summed E-state index contributed by atoms with van der Waals surface area (Å²) in [4.78, 5) is 9.49. The standard InChI is InChI=1S/C23H29FN4O2S/c1-23(2,3)31-19-13-28-16(12-25-22(28)11-18(19)30-4)14-9-20(24)27-21(10-14)26-15-7-5-6-8-17(15)29/h9-13,15,17,29H,5-8H2,1-4H3,(H,26,27)/t15-,17-/m1/s1. The molecule has 0 bridgehead atoms. The van der Waals surface area contributed by atoms with Crippen LogP contribution in [0.15, 0.2) is 35.5 Å². The van der Waals surface area contributed by atoms with Gasteiger partial charge in [-0.05, 0) is 18.9 Å². The fourth-order valence-corrected chi connectivity index (χ4v) is 5.02. The fourth-order valence-electron chi connectivity index (χ4n) is 3.95. The Balaban J connectivity index is 1.72. The van der Waals surface area contributed by atoms with Gasteiger partial charge in [-0.3, -0.25) is 4.40 Å². The second kappa shape index (κ2) is 8.67. The number of rotatable bonds is 5. The Hall–Kier alpha value is -2.32. The van der Waals surface area contributed by atoms with Crippen LogP contribution in [0.5, 0.6) is 5.75 Å². The number of aromatic nitrogens is 3. The highest BCUT2D eigenvalue weighted by Crippen LogP contribution is 2.39. The van der Waals surface area contributed by atoms with Crippen LogP contribution < -0.4 is 10.1 Å². The van der Waals surface area contributed by atoms with Crippen LogP contribution in [0.25, 0.3) is 16.9 Å². The third-order valence-corrected chi connectivity index (χ3v) is 6.50. The number of ether oxygens (including phenoxy) is 1. The summed E-state index contributed by atoms with van der Waals surface area (Å²) in [6.07, 6.45) is 6.93. The maximum absolute atomic E-state index is 14.4. The van der Waals surface area contributed by atoms with Crippen LogP contribution in [0.1, 0.15) is 46.5 Å². The maximum Gasteiger partial charge on any atom is 0.215 e. The van der Waals surface area contributed by atoms with Gasteiger partial charge in [0, 0.05) is 28.6 Å². The summed E-state index contributed by atoms with van der Waals surface area (Å²) in [6, 6.07) is 5.01. The first kappa shape index (κ1) is 21.9. The Kier molecular flexibility index (Phi) is 6.12. The number of halogens is 1. The largest absolute Gasteiger partial charge is 0.495 e. The fraction of sp³-hybridized carbons (Fsp3) is 0.478. The molecule has 0 unspecified atom stereocenters. The number of fused-ring (bicyclic) bond motifs is 1. The van der Waals surface area contributed by atoms with Gasteiger partial charge >= 0.3 is 0 Å².